The average Bonchev–Trinajstić information content (AvgIpc) is 2.99. The maximum absolute atomic E-state index is 13.7. The number of nitrogens with one attached hydrogen (secondary N) is 2. The number of halogens is 6. The third-order valence-corrected chi connectivity index (χ3v) is 8.04. The summed E-state index contributed by atoms with van der Waals surface area (Å²) in [7, 11) is 0. The highest BCUT2D eigenvalue weighted by Gasteiger charge is 2.42. The summed E-state index contributed by atoms with van der Waals surface area (Å²) in [5.74, 6) is 0. The first-order valence-corrected chi connectivity index (χ1v) is 16.1. The number of urea groups is 1. The minimum Gasteiger partial charge on any atom is -0.318 e. The normalized spacial score (nSPS) is 13.5. The number of nitrogens with zero attached hydrogens (tertiary/aromatic N) is 2. The molecule has 0 fully saturated rings. The SMILES string of the molecule is O=C(N[C@H](N(Cc1ccccc1)Cc1ccccc1)C(Cl)(Cl)Cl)N[C@@H](N(Cc1ccccc1)Cc1ccccc1)C(Cl)(Cl)Cl. The Morgan fingerprint density at radius 1 is 0.477 bits per heavy atom. The predicted molar refractivity (Wildman–Crippen MR) is 184 cm³/mol. The maximum atomic E-state index is 13.7. The number of rotatable bonds is 12. The summed E-state index contributed by atoms with van der Waals surface area (Å²) in [6.45, 7) is 1.54. The van der Waals surface area contributed by atoms with E-state index in [1.165, 1.54) is 0 Å². The van der Waals surface area contributed by atoms with Crippen LogP contribution >= 0.6 is 69.6 Å². The standard InChI is InChI=1S/C33H32Cl6N4O/c34-32(35,36)29(42(21-25-13-5-1-6-14-25)22-26-15-7-2-8-16-26)40-31(44)41-30(33(37,38)39)43(23-27-17-9-3-10-18-27)24-28-19-11-4-12-20-28/h1-20,29-30H,21-24H2,(H2,40,41,44)/t29-,30+. The molecule has 0 aromatic heterocycles. The van der Waals surface area contributed by atoms with Crippen LogP contribution in [0.5, 0.6) is 0 Å². The third-order valence-electron chi connectivity index (χ3n) is 6.80. The summed E-state index contributed by atoms with van der Waals surface area (Å²) >= 11 is 39.2. The van der Waals surface area contributed by atoms with Gasteiger partial charge in [-0.2, -0.15) is 0 Å². The van der Waals surface area contributed by atoms with Crippen molar-refractivity contribution in [3.63, 3.8) is 0 Å². The van der Waals surface area contributed by atoms with Gasteiger partial charge in [-0.1, -0.05) is 191 Å². The molecule has 11 heteroatoms. The molecule has 232 valence electrons. The Kier molecular flexibility index (Phi) is 12.9. The number of carbonyl (C=O) groups is 1. The first kappa shape index (κ1) is 34.7. The van der Waals surface area contributed by atoms with Gasteiger partial charge in [-0.3, -0.25) is 9.80 Å². The van der Waals surface area contributed by atoms with Gasteiger partial charge in [0.15, 0.2) is 0 Å². The molecule has 2 atom stereocenters. The van der Waals surface area contributed by atoms with Crippen molar-refractivity contribution >= 4 is 75.6 Å². The molecule has 0 saturated carbocycles. The summed E-state index contributed by atoms with van der Waals surface area (Å²) in [5, 5.41) is 5.72. The van der Waals surface area contributed by atoms with Gasteiger partial charge in [0.05, 0.1) is 0 Å². The van der Waals surface area contributed by atoms with Crippen molar-refractivity contribution in [2.75, 3.05) is 0 Å². The van der Waals surface area contributed by atoms with Crippen LogP contribution < -0.4 is 10.6 Å². The van der Waals surface area contributed by atoms with Gasteiger partial charge in [0.1, 0.15) is 12.3 Å². The lowest BCUT2D eigenvalue weighted by Gasteiger charge is -2.39. The highest BCUT2D eigenvalue weighted by atomic mass is 35.6. The van der Waals surface area contributed by atoms with Crippen molar-refractivity contribution < 1.29 is 4.79 Å². The Bertz CT molecular complexity index is 1230. The van der Waals surface area contributed by atoms with E-state index in [9.17, 15) is 4.79 Å². The second-order valence-corrected chi connectivity index (χ2v) is 15.0. The summed E-state index contributed by atoms with van der Waals surface area (Å²) in [4.78, 5) is 17.5. The smallest absolute Gasteiger partial charge is 0.317 e. The van der Waals surface area contributed by atoms with Crippen LogP contribution in [0.15, 0.2) is 121 Å². The van der Waals surface area contributed by atoms with Crippen molar-refractivity contribution in [3.8, 4) is 0 Å². The molecular formula is C33H32Cl6N4O. The van der Waals surface area contributed by atoms with Crippen LogP contribution in [0, 0.1) is 0 Å². The van der Waals surface area contributed by atoms with E-state index in [0.29, 0.717) is 26.2 Å². The fourth-order valence-corrected chi connectivity index (χ4v) is 5.95. The van der Waals surface area contributed by atoms with Crippen LogP contribution in [0.3, 0.4) is 0 Å². The van der Waals surface area contributed by atoms with Crippen molar-refractivity contribution in [3.05, 3.63) is 144 Å². The van der Waals surface area contributed by atoms with Crippen LogP contribution in [0.2, 0.25) is 0 Å². The Balaban J connectivity index is 1.61. The zero-order chi connectivity index (χ0) is 31.6. The average molecular weight is 713 g/mol. The van der Waals surface area contributed by atoms with E-state index in [0.717, 1.165) is 22.3 Å². The van der Waals surface area contributed by atoms with Gasteiger partial charge >= 0.3 is 6.03 Å². The van der Waals surface area contributed by atoms with Crippen LogP contribution in [0.1, 0.15) is 22.3 Å². The monoisotopic (exact) mass is 710 g/mol. The molecule has 0 saturated heterocycles. The molecule has 0 spiro atoms. The van der Waals surface area contributed by atoms with Crippen molar-refractivity contribution in [1.82, 2.24) is 20.4 Å². The molecule has 0 aliphatic rings. The molecule has 2 N–H and O–H groups in total. The quantitative estimate of drug-likeness (QED) is 0.114. The number of hydrogen-bond acceptors (Lipinski definition) is 3. The zero-order valence-electron chi connectivity index (χ0n) is 23.6. The maximum Gasteiger partial charge on any atom is 0.317 e. The number of alkyl halides is 6. The lowest BCUT2D eigenvalue weighted by Crippen LogP contribution is -2.62. The van der Waals surface area contributed by atoms with Crippen molar-refractivity contribution in [1.29, 1.82) is 0 Å². The Labute approximate surface area is 288 Å². The van der Waals surface area contributed by atoms with Gasteiger partial charge in [0.2, 0.25) is 7.59 Å². The third kappa shape index (κ3) is 11.0. The van der Waals surface area contributed by atoms with Crippen LogP contribution in [0.4, 0.5) is 4.79 Å². The van der Waals surface area contributed by atoms with E-state index in [-0.39, 0.29) is 0 Å². The van der Waals surface area contributed by atoms with Gasteiger partial charge in [0.25, 0.3) is 0 Å². The van der Waals surface area contributed by atoms with Gasteiger partial charge in [-0.25, -0.2) is 4.79 Å². The second kappa shape index (κ2) is 16.4. The van der Waals surface area contributed by atoms with Gasteiger partial charge < -0.3 is 10.6 Å². The first-order chi connectivity index (χ1) is 21.0. The number of hydrogen-bond donors (Lipinski definition) is 2. The van der Waals surface area contributed by atoms with Gasteiger partial charge in [0, 0.05) is 26.2 Å². The minimum atomic E-state index is -1.91. The predicted octanol–water partition coefficient (Wildman–Crippen LogP) is 9.08. The topological polar surface area (TPSA) is 47.6 Å². The molecule has 4 rings (SSSR count). The summed E-state index contributed by atoms with van der Waals surface area (Å²) in [5.41, 5.74) is 3.89. The molecule has 2 amide bonds. The highest BCUT2D eigenvalue weighted by molar-refractivity contribution is 6.68. The molecule has 4 aromatic carbocycles. The first-order valence-electron chi connectivity index (χ1n) is 13.8. The molecule has 0 heterocycles. The largest absolute Gasteiger partial charge is 0.318 e. The number of carbonyl (C=O) groups excluding carboxylic acids is 1. The molecule has 0 bridgehead atoms. The molecule has 0 unspecified atom stereocenters. The van der Waals surface area contributed by atoms with E-state index >= 15 is 0 Å². The summed E-state index contributed by atoms with van der Waals surface area (Å²) in [6, 6.07) is 38.2. The van der Waals surface area contributed by atoms with Crippen LogP contribution in [-0.4, -0.2) is 35.7 Å². The number of amides is 2. The van der Waals surface area contributed by atoms with Crippen LogP contribution in [-0.2, 0) is 26.2 Å². The van der Waals surface area contributed by atoms with Gasteiger partial charge in [-0.05, 0) is 22.3 Å². The fraction of sp³-hybridized carbons (Fsp3) is 0.242. The lowest BCUT2D eigenvalue weighted by molar-refractivity contribution is 0.130. The minimum absolute atomic E-state index is 0.386. The highest BCUT2D eigenvalue weighted by Crippen LogP contribution is 2.35. The van der Waals surface area contributed by atoms with Crippen molar-refractivity contribution in [2.45, 2.75) is 46.1 Å². The van der Waals surface area contributed by atoms with E-state index in [4.69, 9.17) is 69.6 Å². The van der Waals surface area contributed by atoms with Crippen molar-refractivity contribution in [2.24, 2.45) is 0 Å². The molecule has 44 heavy (non-hydrogen) atoms. The fourth-order valence-electron chi connectivity index (χ4n) is 4.80. The number of benzene rings is 4. The molecule has 0 radical (unpaired) electrons. The molecule has 0 aliphatic carbocycles. The van der Waals surface area contributed by atoms with E-state index in [1.54, 1.807) is 0 Å². The van der Waals surface area contributed by atoms with E-state index < -0.39 is 25.9 Å². The Hall–Kier alpha value is -2.19. The van der Waals surface area contributed by atoms with Gasteiger partial charge in [-0.15, -0.1) is 0 Å². The molecule has 5 nitrogen and oxygen atoms in total. The van der Waals surface area contributed by atoms with E-state index in [2.05, 4.69) is 10.6 Å². The lowest BCUT2D eigenvalue weighted by atomic mass is 10.1. The second-order valence-electron chi connectivity index (χ2n) is 10.3. The summed E-state index contributed by atoms with van der Waals surface area (Å²) < 4.78 is -3.83. The Morgan fingerprint density at radius 2 is 0.705 bits per heavy atom. The molecular weight excluding hydrogens is 681 g/mol. The van der Waals surface area contributed by atoms with E-state index in [1.807, 2.05) is 131 Å². The molecule has 4 aromatic rings. The molecule has 0 aliphatic heterocycles. The zero-order valence-corrected chi connectivity index (χ0v) is 28.1. The Morgan fingerprint density at radius 3 is 0.909 bits per heavy atom. The summed E-state index contributed by atoms with van der Waals surface area (Å²) in [6.07, 6.45) is -2.11. The van der Waals surface area contributed by atoms with Crippen LogP contribution in [0.25, 0.3) is 0 Å².